The van der Waals surface area contributed by atoms with Crippen LogP contribution in [0.15, 0.2) is 88.6 Å². The van der Waals surface area contributed by atoms with Gasteiger partial charge >= 0.3 is 0 Å². The number of carbonyl (C=O) groups excluding carboxylic acids is 1. The van der Waals surface area contributed by atoms with Gasteiger partial charge in [0.25, 0.3) is 0 Å². The molecule has 3 aromatic carbocycles. The Kier molecular flexibility index (Phi) is 46.0. The first kappa shape index (κ1) is 59.2. The SMILES string of the molecule is C.C.CC(=O)C=C(C)O.CCC.CF.Cc1cccc(C)c1N=C1SCCSC1=Nc1c(C)cccc1C.Cc1ccccc1.FF.FF.[Ni]. The number of aryl methyl sites for hydroxylation is 5. The largest absolute Gasteiger partial charge is 0.512 e. The van der Waals surface area contributed by atoms with Crippen molar-refractivity contribution in [1.82, 2.24) is 0 Å². The normalized spacial score (nSPS) is 12.3. The summed E-state index contributed by atoms with van der Waals surface area (Å²) >= 11 is 3.63. The topological polar surface area (TPSA) is 62.0 Å². The summed E-state index contributed by atoms with van der Waals surface area (Å²) in [6, 6.07) is 22.9. The molecule has 4 rings (SSSR count). The van der Waals surface area contributed by atoms with Crippen LogP contribution in [-0.2, 0) is 21.3 Å². The predicted molar refractivity (Wildman–Crippen MR) is 210 cm³/mol. The van der Waals surface area contributed by atoms with Gasteiger partial charge in [-0.15, -0.1) is 23.5 Å². The summed E-state index contributed by atoms with van der Waals surface area (Å²) in [7, 11) is 0.500. The molecular weight excluding hydrogens is 734 g/mol. The number of para-hydroxylation sites is 2. The zero-order chi connectivity index (χ0) is 36.8. The number of thioether (sulfide) groups is 2. The van der Waals surface area contributed by atoms with Crippen LogP contribution in [0, 0.1) is 34.6 Å². The van der Waals surface area contributed by atoms with Crippen LogP contribution in [-0.4, -0.2) is 39.7 Å². The summed E-state index contributed by atoms with van der Waals surface area (Å²) in [4.78, 5) is 20.0. The van der Waals surface area contributed by atoms with Gasteiger partial charge in [0, 0.05) is 52.4 Å². The van der Waals surface area contributed by atoms with E-state index in [2.05, 4.69) is 97.0 Å². The molecule has 0 atom stereocenters. The minimum atomic E-state index is -0.125. The van der Waals surface area contributed by atoms with E-state index in [1.54, 1.807) is 0 Å². The Morgan fingerprint density at radius 2 is 0.980 bits per heavy atom. The van der Waals surface area contributed by atoms with Gasteiger partial charge in [0.2, 0.25) is 0 Å². The van der Waals surface area contributed by atoms with E-state index in [4.69, 9.17) is 33.4 Å². The van der Waals surface area contributed by atoms with Crippen molar-refractivity contribution < 1.29 is 49.1 Å². The fraction of sp³-hybridized carbons (Fsp3) is 0.395. The van der Waals surface area contributed by atoms with E-state index in [0.717, 1.165) is 33.0 Å². The van der Waals surface area contributed by atoms with Crippen LogP contribution in [0.4, 0.5) is 34.1 Å². The third kappa shape index (κ3) is 27.8. The van der Waals surface area contributed by atoms with Gasteiger partial charge in [0.1, 0.15) is 10.1 Å². The number of aliphatic hydroxyl groups is 1. The summed E-state index contributed by atoms with van der Waals surface area (Å²) in [5.74, 6) is 2.10. The molecule has 1 N–H and O–H groups in total. The van der Waals surface area contributed by atoms with E-state index in [9.17, 15) is 9.18 Å². The Morgan fingerprint density at radius 1 is 0.680 bits per heavy atom. The second-order valence-electron chi connectivity index (χ2n) is 9.77. The van der Waals surface area contributed by atoms with Crippen LogP contribution in [0.2, 0.25) is 0 Å². The quantitative estimate of drug-likeness (QED) is 0.124. The number of halogens is 5. The summed E-state index contributed by atoms with van der Waals surface area (Å²) < 4.78 is 41.5. The number of ketones is 1. The fourth-order valence-corrected chi connectivity index (χ4v) is 5.61. The van der Waals surface area contributed by atoms with Gasteiger partial charge in [0.05, 0.1) is 24.3 Å². The Balaban J connectivity index is -0.000000155. The summed E-state index contributed by atoms with van der Waals surface area (Å²) in [6.45, 7) is 17.7. The number of alkyl halides is 1. The van der Waals surface area contributed by atoms with Crippen LogP contribution >= 0.6 is 23.5 Å². The molecule has 4 nitrogen and oxygen atoms in total. The van der Waals surface area contributed by atoms with E-state index in [1.807, 2.05) is 41.7 Å². The predicted octanol–water partition coefficient (Wildman–Crippen LogP) is 14.1. The average molecular weight is 792 g/mol. The molecule has 0 aliphatic carbocycles. The molecule has 1 saturated heterocycles. The third-order valence-electron chi connectivity index (χ3n) is 5.40. The van der Waals surface area contributed by atoms with Gasteiger partial charge in [-0.25, -0.2) is 9.98 Å². The summed E-state index contributed by atoms with van der Waals surface area (Å²) in [6.07, 6.45) is 2.42. The van der Waals surface area contributed by atoms with Crippen LogP contribution in [0.25, 0.3) is 0 Å². The number of hydrogen-bond donors (Lipinski definition) is 1. The molecule has 50 heavy (non-hydrogen) atoms. The number of rotatable bonds is 3. The zero-order valence-corrected chi connectivity index (χ0v) is 31.9. The molecule has 0 amide bonds. The van der Waals surface area contributed by atoms with Crippen molar-refractivity contribution in [2.24, 2.45) is 9.98 Å². The molecule has 288 valence electrons. The van der Waals surface area contributed by atoms with Crippen molar-refractivity contribution in [1.29, 1.82) is 0 Å². The molecular formula is C38H57F5N2NiO2S2. The average Bonchev–Trinajstić information content (AvgIpc) is 3.05. The van der Waals surface area contributed by atoms with Crippen molar-refractivity contribution in [3.63, 3.8) is 0 Å². The van der Waals surface area contributed by atoms with Gasteiger partial charge in [-0.1, -0.05) is 107 Å². The monoisotopic (exact) mass is 790 g/mol. The van der Waals surface area contributed by atoms with Gasteiger partial charge in [-0.05, 0) is 70.7 Å². The third-order valence-corrected chi connectivity index (χ3v) is 7.72. The van der Waals surface area contributed by atoms with Crippen molar-refractivity contribution in [3.8, 4) is 0 Å². The Morgan fingerprint density at radius 3 is 1.18 bits per heavy atom. The Labute approximate surface area is 317 Å². The molecule has 12 heteroatoms. The molecule has 1 aliphatic rings. The van der Waals surface area contributed by atoms with E-state index < -0.39 is 0 Å². The first-order valence-corrected chi connectivity index (χ1v) is 16.6. The zero-order valence-electron chi connectivity index (χ0n) is 29.3. The molecule has 0 aromatic heterocycles. The van der Waals surface area contributed by atoms with E-state index in [0.29, 0.717) is 7.18 Å². The molecule has 3 aromatic rings. The number of hydrogen-bond acceptors (Lipinski definition) is 6. The van der Waals surface area contributed by atoms with Crippen LogP contribution in [0.3, 0.4) is 0 Å². The molecule has 0 bridgehead atoms. The van der Waals surface area contributed by atoms with Crippen molar-refractivity contribution in [3.05, 3.63) is 106 Å². The van der Waals surface area contributed by atoms with Gasteiger partial charge in [-0.2, -0.15) is 0 Å². The number of aliphatic hydroxyl groups excluding tert-OH is 1. The second kappa shape index (κ2) is 38.8. The van der Waals surface area contributed by atoms with Gasteiger partial charge in [0.15, 0.2) is 5.78 Å². The van der Waals surface area contributed by atoms with E-state index in [1.165, 1.54) is 54.2 Å². The second-order valence-corrected chi connectivity index (χ2v) is 11.9. The molecule has 0 radical (unpaired) electrons. The Hall–Kier alpha value is -2.95. The summed E-state index contributed by atoms with van der Waals surface area (Å²) in [5, 5.41) is 10.5. The maximum atomic E-state index is 10.0. The van der Waals surface area contributed by atoms with Crippen LogP contribution < -0.4 is 0 Å². The van der Waals surface area contributed by atoms with E-state index in [-0.39, 0.29) is 42.9 Å². The molecule has 0 unspecified atom stereocenters. The molecule has 1 aliphatic heterocycles. The summed E-state index contributed by atoms with van der Waals surface area (Å²) in [5.41, 5.74) is 8.33. The van der Waals surface area contributed by atoms with Gasteiger partial charge in [-0.3, -0.25) is 9.18 Å². The number of allylic oxidation sites excluding steroid dienone is 2. The molecule has 0 spiro atoms. The van der Waals surface area contributed by atoms with Crippen molar-refractivity contribution >= 4 is 50.8 Å². The molecule has 1 heterocycles. The minimum absolute atomic E-state index is 0. The minimum Gasteiger partial charge on any atom is -0.512 e. The van der Waals surface area contributed by atoms with Crippen molar-refractivity contribution in [2.75, 3.05) is 18.7 Å². The molecule has 1 fully saturated rings. The first-order valence-electron chi connectivity index (χ1n) is 14.6. The van der Waals surface area contributed by atoms with Crippen molar-refractivity contribution in [2.45, 2.75) is 83.6 Å². The maximum absolute atomic E-state index is 10.0. The molecule has 0 saturated carbocycles. The van der Waals surface area contributed by atoms with E-state index >= 15 is 0 Å². The Bertz CT molecular complexity index is 1250. The number of aliphatic imine (C=N–C) groups is 2. The number of nitrogens with zero attached hydrogens (tertiary/aromatic N) is 2. The first-order chi connectivity index (χ1) is 22.5. The number of carbonyl (C=O) groups is 1. The van der Waals surface area contributed by atoms with Crippen LogP contribution in [0.1, 0.15) is 76.8 Å². The standard InChI is InChI=1S/C20H22N2S2.C7H8.C5H8O2.C3H8.CH3F.2CH4.2F2.Ni/c1-13-7-5-8-14(2)17(13)21-19-20(24-12-11-23-19)22-18-15(3)9-6-10-16(18)4;1-7-5-3-2-4-6-7;1-4(6)3-5(2)7;1-3-2;1-2;;;2*1-2;/h5-10H,11-12H2,1-4H3;2-6H,1H3;3,6H,1-2H3;3H2,1-2H3;1H3;2*1H4;;;. The maximum Gasteiger partial charge on any atom is 0.155 e. The smallest absolute Gasteiger partial charge is 0.155 e. The van der Waals surface area contributed by atoms with Gasteiger partial charge < -0.3 is 5.11 Å². The fourth-order valence-electron chi connectivity index (χ4n) is 3.56. The van der Waals surface area contributed by atoms with Crippen LogP contribution in [0.5, 0.6) is 0 Å². The number of benzene rings is 3.